The van der Waals surface area contributed by atoms with Crippen LogP contribution in [-0.2, 0) is 6.54 Å². The molecule has 0 spiro atoms. The van der Waals surface area contributed by atoms with Crippen LogP contribution in [0.5, 0.6) is 5.75 Å². The first-order valence-electron chi connectivity index (χ1n) is 6.34. The van der Waals surface area contributed by atoms with Crippen molar-refractivity contribution < 1.29 is 23.8 Å². The first-order chi connectivity index (χ1) is 10.7. The normalized spacial score (nSPS) is 10.7. The molecule has 2 aromatic carbocycles. The number of benzene rings is 2. The van der Waals surface area contributed by atoms with Crippen molar-refractivity contribution >= 4 is 55.3 Å². The van der Waals surface area contributed by atoms with E-state index in [2.05, 4.69) is 33.0 Å². The maximum Gasteiger partial charge on any atom is 0.339 e. The Bertz CT molecular complexity index is 770. The summed E-state index contributed by atoms with van der Waals surface area (Å²) in [5.41, 5.74) is 0.710. The molecule has 0 bridgehead atoms. The van der Waals surface area contributed by atoms with E-state index < -0.39 is 17.6 Å². The van der Waals surface area contributed by atoms with Gasteiger partial charge in [0.2, 0.25) is 0 Å². The third kappa shape index (κ3) is 3.61. The summed E-state index contributed by atoms with van der Waals surface area (Å²) >= 11 is 0. The van der Waals surface area contributed by atoms with Gasteiger partial charge >= 0.3 is 5.97 Å². The van der Waals surface area contributed by atoms with Crippen LogP contribution < -0.4 is 21.2 Å². The molecule has 4 nitrogen and oxygen atoms in total. The Morgan fingerprint density at radius 1 is 1.09 bits per heavy atom. The minimum atomic E-state index is -1.26. The van der Waals surface area contributed by atoms with Crippen LogP contribution in [0.4, 0.5) is 14.5 Å². The molecule has 122 valence electrons. The van der Waals surface area contributed by atoms with Crippen LogP contribution in [0, 0.1) is 11.6 Å². The molecular formula is C14H14F2NO3P3. The maximum absolute atomic E-state index is 13.8. The van der Waals surface area contributed by atoms with Gasteiger partial charge in [0.1, 0.15) is 11.3 Å². The van der Waals surface area contributed by atoms with Gasteiger partial charge in [-0.1, -0.05) is 0 Å². The lowest BCUT2D eigenvalue weighted by atomic mass is 10.1. The third-order valence-electron chi connectivity index (χ3n) is 3.30. The van der Waals surface area contributed by atoms with E-state index in [1.165, 1.54) is 18.2 Å². The molecule has 0 aliphatic rings. The lowest BCUT2D eigenvalue weighted by Crippen LogP contribution is -2.31. The molecule has 0 saturated heterocycles. The van der Waals surface area contributed by atoms with Gasteiger partial charge < -0.3 is 15.5 Å². The molecule has 2 aromatic rings. The fourth-order valence-corrected chi connectivity index (χ4v) is 3.23. The number of carboxylic acid groups (broad SMARTS) is 1. The third-order valence-corrected chi connectivity index (χ3v) is 5.46. The van der Waals surface area contributed by atoms with E-state index >= 15 is 0 Å². The van der Waals surface area contributed by atoms with Crippen LogP contribution in [0.25, 0.3) is 0 Å². The van der Waals surface area contributed by atoms with E-state index in [1.54, 1.807) is 0 Å². The summed E-state index contributed by atoms with van der Waals surface area (Å²) in [6.45, 7) is 0.153. The van der Waals surface area contributed by atoms with E-state index in [-0.39, 0.29) is 28.5 Å². The monoisotopic (exact) mass is 375 g/mol. The second kappa shape index (κ2) is 7.05. The van der Waals surface area contributed by atoms with Gasteiger partial charge in [0.05, 0.1) is 0 Å². The number of hydrogen-bond acceptors (Lipinski definition) is 3. The van der Waals surface area contributed by atoms with Gasteiger partial charge in [-0.3, -0.25) is 0 Å². The molecule has 23 heavy (non-hydrogen) atoms. The first kappa shape index (κ1) is 18.0. The number of aromatic carboxylic acids is 1. The van der Waals surface area contributed by atoms with Gasteiger partial charge in [-0.15, -0.1) is 27.7 Å². The van der Waals surface area contributed by atoms with Gasteiger partial charge in [-0.2, -0.15) is 0 Å². The average Bonchev–Trinajstić information content (AvgIpc) is 2.52. The quantitative estimate of drug-likeness (QED) is 0.560. The highest BCUT2D eigenvalue weighted by atomic mass is 31.0. The highest BCUT2D eigenvalue weighted by molar-refractivity contribution is 7.36. The molecule has 9 heteroatoms. The van der Waals surface area contributed by atoms with Crippen molar-refractivity contribution in [1.82, 2.24) is 0 Å². The zero-order valence-electron chi connectivity index (χ0n) is 11.7. The van der Waals surface area contributed by atoms with Crippen LogP contribution in [0.2, 0.25) is 0 Å². The molecule has 0 saturated carbocycles. The second-order valence-electron chi connectivity index (χ2n) is 4.74. The molecule has 0 radical (unpaired) electrons. The van der Waals surface area contributed by atoms with Gasteiger partial charge in [0.15, 0.2) is 11.6 Å². The standard InChI is InChI=1S/C14H14F2NO3P3/c15-9-10(16)13(23)12(22)7(11(9)21)4-17-5-1-2-8(18)6(3-5)14(19)20/h1-3,17-18H,4,21-23H2,(H,19,20). The summed E-state index contributed by atoms with van der Waals surface area (Å²) in [5.74, 6) is -3.47. The summed E-state index contributed by atoms with van der Waals surface area (Å²) in [5, 5.41) is 22.1. The van der Waals surface area contributed by atoms with Crippen molar-refractivity contribution in [3.05, 3.63) is 41.0 Å². The fourth-order valence-electron chi connectivity index (χ4n) is 1.99. The van der Waals surface area contributed by atoms with Crippen molar-refractivity contribution in [1.29, 1.82) is 0 Å². The molecule has 2 rings (SSSR count). The molecule has 0 aromatic heterocycles. The van der Waals surface area contributed by atoms with Gasteiger partial charge in [0, 0.05) is 22.8 Å². The lowest BCUT2D eigenvalue weighted by molar-refractivity contribution is 0.0694. The van der Waals surface area contributed by atoms with Crippen LogP contribution >= 0.6 is 27.7 Å². The minimum absolute atomic E-state index is 0.100. The van der Waals surface area contributed by atoms with E-state index in [4.69, 9.17) is 5.11 Å². The number of carboxylic acids is 1. The highest BCUT2D eigenvalue weighted by Gasteiger charge is 2.18. The summed E-state index contributed by atoms with van der Waals surface area (Å²) in [7, 11) is 6.69. The van der Waals surface area contributed by atoms with Crippen LogP contribution in [0.1, 0.15) is 15.9 Å². The first-order valence-corrected chi connectivity index (χ1v) is 8.07. The van der Waals surface area contributed by atoms with Crippen molar-refractivity contribution in [3.8, 4) is 5.75 Å². The highest BCUT2D eigenvalue weighted by Crippen LogP contribution is 2.22. The Labute approximate surface area is 138 Å². The molecule has 3 unspecified atom stereocenters. The summed E-state index contributed by atoms with van der Waals surface area (Å²) in [4.78, 5) is 11.0. The number of halogens is 2. The molecule has 3 N–H and O–H groups in total. The summed E-state index contributed by atoms with van der Waals surface area (Å²) in [6.07, 6.45) is 0. The largest absolute Gasteiger partial charge is 0.507 e. The number of nitrogens with one attached hydrogen (secondary N) is 1. The Morgan fingerprint density at radius 2 is 1.70 bits per heavy atom. The predicted octanol–water partition coefficient (Wildman–Crippen LogP) is 1.48. The Morgan fingerprint density at radius 3 is 2.30 bits per heavy atom. The maximum atomic E-state index is 13.8. The Balaban J connectivity index is 2.32. The van der Waals surface area contributed by atoms with E-state index in [0.29, 0.717) is 16.6 Å². The van der Waals surface area contributed by atoms with Crippen molar-refractivity contribution in [2.75, 3.05) is 5.32 Å². The van der Waals surface area contributed by atoms with Crippen molar-refractivity contribution in [2.45, 2.75) is 6.54 Å². The number of phenols is 1. The fraction of sp³-hybridized carbons (Fsp3) is 0.0714. The molecule has 0 aliphatic heterocycles. The van der Waals surface area contributed by atoms with Gasteiger partial charge in [0.25, 0.3) is 0 Å². The molecule has 0 aliphatic carbocycles. The SMILES string of the molecule is O=C(O)c1cc(NCc2c(P)c(F)c(F)c(P)c2P)ccc1O. The molecule has 0 fully saturated rings. The predicted molar refractivity (Wildman–Crippen MR) is 96.8 cm³/mol. The number of anilines is 1. The van der Waals surface area contributed by atoms with E-state index in [0.717, 1.165) is 0 Å². The number of carbonyl (C=O) groups is 1. The smallest absolute Gasteiger partial charge is 0.339 e. The van der Waals surface area contributed by atoms with Crippen molar-refractivity contribution in [2.24, 2.45) is 0 Å². The lowest BCUT2D eigenvalue weighted by Gasteiger charge is -2.16. The summed E-state index contributed by atoms with van der Waals surface area (Å²) in [6, 6.07) is 4.01. The molecule has 0 heterocycles. The van der Waals surface area contributed by atoms with Crippen molar-refractivity contribution in [3.63, 3.8) is 0 Å². The number of aromatic hydroxyl groups is 1. The molecule has 0 amide bonds. The van der Waals surface area contributed by atoms with Crippen LogP contribution in [-0.4, -0.2) is 16.2 Å². The Kier molecular flexibility index (Phi) is 5.52. The van der Waals surface area contributed by atoms with E-state index in [1.807, 2.05) is 0 Å². The zero-order valence-corrected chi connectivity index (χ0v) is 15.2. The zero-order chi connectivity index (χ0) is 17.3. The van der Waals surface area contributed by atoms with Gasteiger partial charge in [-0.05, 0) is 29.1 Å². The second-order valence-corrected chi connectivity index (χ2v) is 6.47. The van der Waals surface area contributed by atoms with Gasteiger partial charge in [-0.25, -0.2) is 13.6 Å². The topological polar surface area (TPSA) is 69.6 Å². The number of hydrogen-bond donors (Lipinski definition) is 3. The van der Waals surface area contributed by atoms with Crippen LogP contribution in [0.15, 0.2) is 18.2 Å². The summed E-state index contributed by atoms with van der Waals surface area (Å²) < 4.78 is 27.5. The van der Waals surface area contributed by atoms with E-state index in [9.17, 15) is 18.7 Å². The number of rotatable bonds is 4. The molecular weight excluding hydrogens is 361 g/mol. The minimum Gasteiger partial charge on any atom is -0.507 e. The molecule has 3 atom stereocenters. The van der Waals surface area contributed by atoms with Crippen LogP contribution in [0.3, 0.4) is 0 Å². The average molecular weight is 375 g/mol. The Hall–Kier alpha value is -1.34.